The smallest absolute Gasteiger partial charge is 0.237 e. The Morgan fingerprint density at radius 3 is 3.22 bits per heavy atom. The molecule has 2 rings (SSSR count). The Kier molecular flexibility index (Phi) is 4.71. The minimum atomic E-state index is -0.639. The highest BCUT2D eigenvalue weighted by atomic mass is 32.1. The maximum absolute atomic E-state index is 11.8. The Balaban J connectivity index is 1.75. The van der Waals surface area contributed by atoms with Gasteiger partial charge in [-0.05, 0) is 28.8 Å². The molecule has 1 aromatic rings. The maximum atomic E-state index is 11.8. The van der Waals surface area contributed by atoms with Gasteiger partial charge >= 0.3 is 0 Å². The number of hydrogen-bond donors (Lipinski definition) is 3. The molecule has 0 saturated carbocycles. The molecule has 0 bridgehead atoms. The number of nitrogens with one attached hydrogen (secondary N) is 2. The van der Waals surface area contributed by atoms with Gasteiger partial charge in [-0.25, -0.2) is 0 Å². The second kappa shape index (κ2) is 6.29. The fourth-order valence-electron chi connectivity index (χ4n) is 1.99. The largest absolute Gasteiger partial charge is 0.387 e. The van der Waals surface area contributed by atoms with Crippen molar-refractivity contribution in [3.05, 3.63) is 22.4 Å². The molecule has 0 radical (unpaired) electrons. The number of aliphatic hydroxyl groups excluding tert-OH is 1. The SMILES string of the molecule is COC1CNC(C(=O)NCC(O)c2ccsc2)C1. The standard InChI is InChI=1S/C12H18N2O3S/c1-17-9-4-10(13-5-9)12(16)14-6-11(15)8-2-3-18-7-8/h2-3,7,9-11,13,15H,4-6H2,1H3,(H,14,16). The summed E-state index contributed by atoms with van der Waals surface area (Å²) in [6.07, 6.45) is 0.138. The lowest BCUT2D eigenvalue weighted by molar-refractivity contribution is -0.123. The van der Waals surface area contributed by atoms with Gasteiger partial charge in [0.25, 0.3) is 0 Å². The number of ether oxygens (including phenoxy) is 1. The molecular formula is C12H18N2O3S. The van der Waals surface area contributed by atoms with Crippen molar-refractivity contribution < 1.29 is 14.6 Å². The van der Waals surface area contributed by atoms with Gasteiger partial charge in [0, 0.05) is 20.2 Å². The number of amides is 1. The highest BCUT2D eigenvalue weighted by molar-refractivity contribution is 7.07. The number of thiophene rings is 1. The van der Waals surface area contributed by atoms with Gasteiger partial charge in [-0.2, -0.15) is 11.3 Å². The van der Waals surface area contributed by atoms with Crippen molar-refractivity contribution in [3.8, 4) is 0 Å². The van der Waals surface area contributed by atoms with Crippen LogP contribution in [0.15, 0.2) is 16.8 Å². The number of carbonyl (C=O) groups is 1. The lowest BCUT2D eigenvalue weighted by Gasteiger charge is -2.14. The van der Waals surface area contributed by atoms with Crippen LogP contribution >= 0.6 is 11.3 Å². The third kappa shape index (κ3) is 3.29. The van der Waals surface area contributed by atoms with Crippen LogP contribution in [0, 0.1) is 0 Å². The Morgan fingerprint density at radius 2 is 2.61 bits per heavy atom. The first-order valence-electron chi connectivity index (χ1n) is 5.94. The minimum Gasteiger partial charge on any atom is -0.387 e. The van der Waals surface area contributed by atoms with Gasteiger partial charge < -0.3 is 20.5 Å². The predicted molar refractivity (Wildman–Crippen MR) is 69.5 cm³/mol. The molecule has 6 heteroatoms. The average Bonchev–Trinajstić information content (AvgIpc) is 3.05. The highest BCUT2D eigenvalue weighted by Gasteiger charge is 2.29. The zero-order valence-electron chi connectivity index (χ0n) is 10.3. The van der Waals surface area contributed by atoms with E-state index in [1.54, 1.807) is 7.11 Å². The molecule has 5 nitrogen and oxygen atoms in total. The summed E-state index contributed by atoms with van der Waals surface area (Å²) in [6.45, 7) is 0.938. The Bertz CT molecular complexity index is 383. The van der Waals surface area contributed by atoms with E-state index >= 15 is 0 Å². The third-order valence-corrected chi connectivity index (χ3v) is 3.84. The topological polar surface area (TPSA) is 70.6 Å². The van der Waals surface area contributed by atoms with Crippen molar-refractivity contribution >= 4 is 17.2 Å². The summed E-state index contributed by atoms with van der Waals surface area (Å²) in [5, 5.41) is 19.5. The molecule has 1 amide bonds. The van der Waals surface area contributed by atoms with Crippen molar-refractivity contribution in [1.29, 1.82) is 0 Å². The summed E-state index contributed by atoms with van der Waals surface area (Å²) in [4.78, 5) is 11.8. The second-order valence-electron chi connectivity index (χ2n) is 4.37. The van der Waals surface area contributed by atoms with Crippen molar-refractivity contribution in [1.82, 2.24) is 10.6 Å². The summed E-state index contributed by atoms with van der Waals surface area (Å²) in [5.74, 6) is -0.0798. The van der Waals surface area contributed by atoms with E-state index in [-0.39, 0.29) is 24.6 Å². The van der Waals surface area contributed by atoms with E-state index in [1.807, 2.05) is 16.8 Å². The first-order chi connectivity index (χ1) is 8.70. The van der Waals surface area contributed by atoms with Gasteiger partial charge in [-0.3, -0.25) is 4.79 Å². The summed E-state index contributed by atoms with van der Waals surface area (Å²) in [6, 6.07) is 1.64. The molecule has 0 aliphatic carbocycles. The quantitative estimate of drug-likeness (QED) is 0.718. The summed E-state index contributed by atoms with van der Waals surface area (Å²) < 4.78 is 5.19. The summed E-state index contributed by atoms with van der Waals surface area (Å²) in [7, 11) is 1.65. The van der Waals surface area contributed by atoms with Gasteiger partial charge in [0.05, 0.1) is 18.2 Å². The first kappa shape index (κ1) is 13.5. The van der Waals surface area contributed by atoms with Crippen molar-refractivity contribution in [2.75, 3.05) is 20.2 Å². The van der Waals surface area contributed by atoms with E-state index in [9.17, 15) is 9.90 Å². The van der Waals surface area contributed by atoms with Gasteiger partial charge in [-0.1, -0.05) is 0 Å². The van der Waals surface area contributed by atoms with E-state index in [0.717, 1.165) is 5.56 Å². The van der Waals surface area contributed by atoms with E-state index in [4.69, 9.17) is 4.74 Å². The van der Waals surface area contributed by atoms with Crippen LogP contribution in [0.2, 0.25) is 0 Å². The van der Waals surface area contributed by atoms with Crippen molar-refractivity contribution in [3.63, 3.8) is 0 Å². The zero-order chi connectivity index (χ0) is 13.0. The lowest BCUT2D eigenvalue weighted by atomic mass is 10.1. The Labute approximate surface area is 110 Å². The van der Waals surface area contributed by atoms with Crippen LogP contribution < -0.4 is 10.6 Å². The number of aliphatic hydroxyl groups is 1. The van der Waals surface area contributed by atoms with Crippen LogP contribution in [0.1, 0.15) is 18.1 Å². The molecule has 100 valence electrons. The molecule has 2 heterocycles. The fraction of sp³-hybridized carbons (Fsp3) is 0.583. The molecule has 1 saturated heterocycles. The molecule has 3 N–H and O–H groups in total. The van der Waals surface area contributed by atoms with Crippen LogP contribution in [0.3, 0.4) is 0 Å². The Morgan fingerprint density at radius 1 is 1.78 bits per heavy atom. The van der Waals surface area contributed by atoms with Gasteiger partial charge in [0.2, 0.25) is 5.91 Å². The van der Waals surface area contributed by atoms with Gasteiger partial charge in [0.15, 0.2) is 0 Å². The molecule has 1 aromatic heterocycles. The van der Waals surface area contributed by atoms with Gasteiger partial charge in [0.1, 0.15) is 0 Å². The Hall–Kier alpha value is -0.950. The van der Waals surface area contributed by atoms with E-state index in [2.05, 4.69) is 10.6 Å². The number of rotatable bonds is 5. The van der Waals surface area contributed by atoms with Crippen molar-refractivity contribution in [2.24, 2.45) is 0 Å². The number of hydrogen-bond acceptors (Lipinski definition) is 5. The third-order valence-electron chi connectivity index (χ3n) is 3.14. The van der Waals surface area contributed by atoms with Crippen LogP contribution in [-0.4, -0.2) is 43.4 Å². The molecule has 0 aromatic carbocycles. The second-order valence-corrected chi connectivity index (χ2v) is 5.15. The normalized spacial score (nSPS) is 25.0. The highest BCUT2D eigenvalue weighted by Crippen LogP contribution is 2.15. The lowest BCUT2D eigenvalue weighted by Crippen LogP contribution is -2.41. The van der Waals surface area contributed by atoms with E-state index in [1.165, 1.54) is 11.3 Å². The molecule has 18 heavy (non-hydrogen) atoms. The number of carbonyl (C=O) groups excluding carboxylic acids is 1. The fourth-order valence-corrected chi connectivity index (χ4v) is 2.69. The molecule has 1 aliphatic heterocycles. The average molecular weight is 270 g/mol. The van der Waals surface area contributed by atoms with Crippen LogP contribution in [0.4, 0.5) is 0 Å². The monoisotopic (exact) mass is 270 g/mol. The van der Waals surface area contributed by atoms with E-state index in [0.29, 0.717) is 13.0 Å². The van der Waals surface area contributed by atoms with Crippen LogP contribution in [-0.2, 0) is 9.53 Å². The van der Waals surface area contributed by atoms with Crippen molar-refractivity contribution in [2.45, 2.75) is 24.7 Å². The summed E-state index contributed by atoms with van der Waals surface area (Å²) in [5.41, 5.74) is 0.842. The molecule has 0 spiro atoms. The van der Waals surface area contributed by atoms with E-state index < -0.39 is 6.10 Å². The molecule has 1 fully saturated rings. The van der Waals surface area contributed by atoms with Gasteiger partial charge in [-0.15, -0.1) is 0 Å². The van der Waals surface area contributed by atoms with Crippen LogP contribution in [0.5, 0.6) is 0 Å². The molecule has 3 atom stereocenters. The van der Waals surface area contributed by atoms with Crippen LogP contribution in [0.25, 0.3) is 0 Å². The minimum absolute atomic E-state index is 0.0798. The maximum Gasteiger partial charge on any atom is 0.237 e. The molecule has 3 unspecified atom stereocenters. The summed E-state index contributed by atoms with van der Waals surface area (Å²) >= 11 is 1.53. The number of methoxy groups -OCH3 is 1. The molecular weight excluding hydrogens is 252 g/mol. The zero-order valence-corrected chi connectivity index (χ0v) is 11.1. The first-order valence-corrected chi connectivity index (χ1v) is 6.89. The molecule has 1 aliphatic rings. The predicted octanol–water partition coefficient (Wildman–Crippen LogP) is 0.275.